The van der Waals surface area contributed by atoms with Gasteiger partial charge in [0.1, 0.15) is 5.75 Å². The molecule has 1 atom stereocenters. The minimum atomic E-state index is -0.388. The van der Waals surface area contributed by atoms with Gasteiger partial charge in [0.05, 0.1) is 26.5 Å². The molecule has 0 aliphatic rings. The Balaban J connectivity index is 2.38. The molecule has 1 N–H and O–H groups in total. The number of aromatic nitrogens is 1. The maximum atomic E-state index is 13.8. The second kappa shape index (κ2) is 6.34. The van der Waals surface area contributed by atoms with Crippen molar-refractivity contribution in [2.45, 2.75) is 6.04 Å². The Kier molecular flexibility index (Phi) is 4.53. The summed E-state index contributed by atoms with van der Waals surface area (Å²) in [5.74, 6) is 0.505. The lowest BCUT2D eigenvalue weighted by molar-refractivity contribution is 0.386. The first-order chi connectivity index (χ1) is 9.69. The van der Waals surface area contributed by atoms with Gasteiger partial charge in [0.25, 0.3) is 0 Å². The Morgan fingerprint density at radius 2 is 1.90 bits per heavy atom. The molecule has 4 nitrogen and oxygen atoms in total. The number of nitrogens with zero attached hydrogens (tertiary/aromatic N) is 1. The summed E-state index contributed by atoms with van der Waals surface area (Å²) in [6.45, 7) is 0. The molecule has 0 aliphatic heterocycles. The van der Waals surface area contributed by atoms with Gasteiger partial charge < -0.3 is 14.8 Å². The van der Waals surface area contributed by atoms with E-state index in [2.05, 4.69) is 10.3 Å². The van der Waals surface area contributed by atoms with E-state index >= 15 is 0 Å². The predicted molar refractivity (Wildman–Crippen MR) is 74.6 cm³/mol. The van der Waals surface area contributed by atoms with Crippen LogP contribution in [0.25, 0.3) is 0 Å². The van der Waals surface area contributed by atoms with E-state index in [9.17, 15) is 4.39 Å². The maximum absolute atomic E-state index is 13.8. The molecule has 0 saturated carbocycles. The molecule has 0 fully saturated rings. The lowest BCUT2D eigenvalue weighted by Gasteiger charge is -2.18. The summed E-state index contributed by atoms with van der Waals surface area (Å²) in [5, 5.41) is 3.15. The van der Waals surface area contributed by atoms with Crippen LogP contribution in [-0.2, 0) is 0 Å². The van der Waals surface area contributed by atoms with Gasteiger partial charge in [0, 0.05) is 6.20 Å². The van der Waals surface area contributed by atoms with Crippen molar-refractivity contribution < 1.29 is 13.9 Å². The average Bonchev–Trinajstić information content (AvgIpc) is 2.48. The highest BCUT2D eigenvalue weighted by Gasteiger charge is 2.15. The second-order valence-corrected chi connectivity index (χ2v) is 4.27. The Morgan fingerprint density at radius 1 is 1.10 bits per heavy atom. The lowest BCUT2D eigenvalue weighted by atomic mass is 10.00. The third-order valence-corrected chi connectivity index (χ3v) is 3.10. The number of nitrogens with one attached hydrogen (secondary N) is 1. The second-order valence-electron chi connectivity index (χ2n) is 4.27. The van der Waals surface area contributed by atoms with Crippen molar-refractivity contribution in [3.63, 3.8) is 0 Å². The fourth-order valence-electron chi connectivity index (χ4n) is 2.09. The molecule has 106 valence electrons. The number of methoxy groups -OCH3 is 2. The molecule has 1 aromatic carbocycles. The van der Waals surface area contributed by atoms with Crippen LogP contribution in [0.4, 0.5) is 4.39 Å². The molecule has 1 unspecified atom stereocenters. The van der Waals surface area contributed by atoms with E-state index in [-0.39, 0.29) is 17.6 Å². The van der Waals surface area contributed by atoms with Gasteiger partial charge in [-0.2, -0.15) is 0 Å². The van der Waals surface area contributed by atoms with Crippen LogP contribution in [0.5, 0.6) is 11.5 Å². The molecule has 0 bridgehead atoms. The van der Waals surface area contributed by atoms with E-state index in [0.717, 1.165) is 11.1 Å². The van der Waals surface area contributed by atoms with Crippen molar-refractivity contribution in [3.05, 3.63) is 53.6 Å². The van der Waals surface area contributed by atoms with Crippen LogP contribution >= 0.6 is 0 Å². The van der Waals surface area contributed by atoms with Crippen molar-refractivity contribution >= 4 is 0 Å². The van der Waals surface area contributed by atoms with Gasteiger partial charge in [-0.15, -0.1) is 0 Å². The number of rotatable bonds is 5. The molecular weight excluding hydrogens is 259 g/mol. The average molecular weight is 276 g/mol. The molecule has 1 aromatic heterocycles. The van der Waals surface area contributed by atoms with Crippen molar-refractivity contribution in [2.24, 2.45) is 0 Å². The summed E-state index contributed by atoms with van der Waals surface area (Å²) in [5.41, 5.74) is 1.69. The number of ether oxygens (including phenoxy) is 2. The zero-order valence-electron chi connectivity index (χ0n) is 11.7. The van der Waals surface area contributed by atoms with Gasteiger partial charge in [-0.3, -0.25) is 4.98 Å². The van der Waals surface area contributed by atoms with Crippen molar-refractivity contribution in [1.82, 2.24) is 10.3 Å². The topological polar surface area (TPSA) is 43.4 Å². The van der Waals surface area contributed by atoms with Crippen LogP contribution in [0.3, 0.4) is 0 Å². The zero-order valence-corrected chi connectivity index (χ0v) is 11.7. The molecule has 0 amide bonds. The quantitative estimate of drug-likeness (QED) is 0.911. The normalized spacial score (nSPS) is 12.0. The molecule has 5 heteroatoms. The Hall–Kier alpha value is -2.14. The van der Waals surface area contributed by atoms with E-state index in [4.69, 9.17) is 9.47 Å². The van der Waals surface area contributed by atoms with Crippen LogP contribution < -0.4 is 14.8 Å². The molecule has 2 aromatic rings. The van der Waals surface area contributed by atoms with Crippen LogP contribution in [0.15, 0.2) is 36.7 Å². The van der Waals surface area contributed by atoms with Gasteiger partial charge in [-0.1, -0.05) is 6.07 Å². The molecule has 0 spiro atoms. The molecule has 20 heavy (non-hydrogen) atoms. The monoisotopic (exact) mass is 276 g/mol. The molecule has 0 saturated heterocycles. The lowest BCUT2D eigenvalue weighted by Crippen LogP contribution is -2.18. The van der Waals surface area contributed by atoms with E-state index in [0.29, 0.717) is 5.75 Å². The molecular formula is C15H17FN2O2. The minimum Gasteiger partial charge on any atom is -0.495 e. The minimum absolute atomic E-state index is 0.169. The highest BCUT2D eigenvalue weighted by molar-refractivity contribution is 5.37. The first kappa shape index (κ1) is 14.3. The van der Waals surface area contributed by atoms with Gasteiger partial charge in [0.15, 0.2) is 11.6 Å². The van der Waals surface area contributed by atoms with Crippen LogP contribution in [0.1, 0.15) is 17.2 Å². The van der Waals surface area contributed by atoms with Crippen LogP contribution in [-0.4, -0.2) is 26.3 Å². The fourth-order valence-corrected chi connectivity index (χ4v) is 2.09. The van der Waals surface area contributed by atoms with Gasteiger partial charge >= 0.3 is 0 Å². The Bertz CT molecular complexity index is 590. The molecule has 2 rings (SSSR count). The summed E-state index contributed by atoms with van der Waals surface area (Å²) >= 11 is 0. The van der Waals surface area contributed by atoms with E-state index in [1.165, 1.54) is 13.2 Å². The predicted octanol–water partition coefficient (Wildman–Crippen LogP) is 2.55. The van der Waals surface area contributed by atoms with E-state index < -0.39 is 0 Å². The van der Waals surface area contributed by atoms with Crippen LogP contribution in [0.2, 0.25) is 0 Å². The van der Waals surface area contributed by atoms with Crippen LogP contribution in [0, 0.1) is 5.82 Å². The first-order valence-corrected chi connectivity index (χ1v) is 6.19. The number of hydrogen-bond donors (Lipinski definition) is 1. The Labute approximate surface area is 117 Å². The zero-order chi connectivity index (χ0) is 14.5. The summed E-state index contributed by atoms with van der Waals surface area (Å²) in [6, 6.07) is 6.60. The third-order valence-electron chi connectivity index (χ3n) is 3.10. The van der Waals surface area contributed by atoms with Crippen molar-refractivity contribution in [3.8, 4) is 11.5 Å². The highest BCUT2D eigenvalue weighted by atomic mass is 19.1. The summed E-state index contributed by atoms with van der Waals surface area (Å²) < 4.78 is 23.9. The van der Waals surface area contributed by atoms with Crippen molar-refractivity contribution in [2.75, 3.05) is 21.3 Å². The van der Waals surface area contributed by atoms with Gasteiger partial charge in [0.2, 0.25) is 0 Å². The van der Waals surface area contributed by atoms with Gasteiger partial charge in [-0.05, 0) is 36.4 Å². The summed E-state index contributed by atoms with van der Waals surface area (Å²) in [7, 11) is 4.84. The van der Waals surface area contributed by atoms with E-state index in [1.807, 2.05) is 19.2 Å². The molecule has 1 heterocycles. The summed E-state index contributed by atoms with van der Waals surface area (Å²) in [6.07, 6.45) is 3.36. The number of hydrogen-bond acceptors (Lipinski definition) is 4. The SMILES string of the molecule is CNC(c1cncc(OC)c1)c1ccc(OC)c(F)c1. The summed E-state index contributed by atoms with van der Waals surface area (Å²) in [4.78, 5) is 4.12. The first-order valence-electron chi connectivity index (χ1n) is 6.19. The van der Waals surface area contributed by atoms with E-state index in [1.54, 1.807) is 25.6 Å². The number of halogens is 1. The maximum Gasteiger partial charge on any atom is 0.165 e. The third kappa shape index (κ3) is 2.88. The largest absolute Gasteiger partial charge is 0.495 e. The number of pyridine rings is 1. The Morgan fingerprint density at radius 3 is 2.50 bits per heavy atom. The standard InChI is InChI=1S/C15H17FN2O2/c1-17-15(11-6-12(19-2)9-18-8-11)10-4-5-14(20-3)13(16)7-10/h4-9,15,17H,1-3H3. The number of benzene rings is 1. The highest BCUT2D eigenvalue weighted by Crippen LogP contribution is 2.27. The fraction of sp³-hybridized carbons (Fsp3) is 0.267. The molecule has 0 radical (unpaired) electrons. The molecule has 0 aliphatic carbocycles. The van der Waals surface area contributed by atoms with Gasteiger partial charge in [-0.25, -0.2) is 4.39 Å². The van der Waals surface area contributed by atoms with Crippen molar-refractivity contribution in [1.29, 1.82) is 0 Å². The smallest absolute Gasteiger partial charge is 0.165 e.